The summed E-state index contributed by atoms with van der Waals surface area (Å²) in [6, 6.07) is 0. The van der Waals surface area contributed by atoms with Crippen molar-refractivity contribution in [1.82, 2.24) is 0 Å². The molecule has 9 heteroatoms. The lowest BCUT2D eigenvalue weighted by atomic mass is 9.46. The monoisotopic (exact) mass is 602 g/mol. The summed E-state index contributed by atoms with van der Waals surface area (Å²) in [5, 5.41) is 10.8. The third-order valence-electron chi connectivity index (χ3n) is 13.4. The van der Waals surface area contributed by atoms with Crippen LogP contribution in [-0.2, 0) is 38.1 Å². The highest BCUT2D eigenvalue weighted by Crippen LogP contribution is 2.87. The Morgan fingerprint density at radius 3 is 2.42 bits per heavy atom. The van der Waals surface area contributed by atoms with Gasteiger partial charge in [-0.25, -0.2) is 0 Å². The van der Waals surface area contributed by atoms with Crippen LogP contribution in [0.15, 0.2) is 0 Å². The van der Waals surface area contributed by atoms with Crippen molar-refractivity contribution in [3.8, 4) is 0 Å². The van der Waals surface area contributed by atoms with Crippen LogP contribution in [0.25, 0.3) is 0 Å². The average Bonchev–Trinajstić information content (AvgIpc) is 3.55. The van der Waals surface area contributed by atoms with E-state index in [1.807, 2.05) is 0 Å². The Balaban J connectivity index is 1.22. The van der Waals surface area contributed by atoms with E-state index in [2.05, 4.69) is 20.8 Å². The fourth-order valence-electron chi connectivity index (χ4n) is 11.7. The van der Waals surface area contributed by atoms with Crippen molar-refractivity contribution >= 4 is 24.3 Å². The quantitative estimate of drug-likeness (QED) is 0.235. The van der Waals surface area contributed by atoms with Gasteiger partial charge in [-0.3, -0.25) is 14.4 Å². The number of rotatable bonds is 9. The van der Waals surface area contributed by atoms with Gasteiger partial charge < -0.3 is 28.8 Å². The first-order valence-electron chi connectivity index (χ1n) is 16.4. The van der Waals surface area contributed by atoms with Gasteiger partial charge in [0.25, 0.3) is 0 Å². The van der Waals surface area contributed by atoms with E-state index in [1.165, 1.54) is 6.92 Å². The molecule has 5 saturated carbocycles. The van der Waals surface area contributed by atoms with Crippen LogP contribution in [0.4, 0.5) is 0 Å². The van der Waals surface area contributed by atoms with E-state index >= 15 is 0 Å². The number of aliphatic hydroxyl groups is 1. The van der Waals surface area contributed by atoms with Gasteiger partial charge in [0.1, 0.15) is 19.0 Å². The standard InChI is InChI=1S/C34H50O9/c1-19(37)41-29(31(4,5)39)22-9-7-21-28(42-22)27(38)26-20-8-10-23-30(2,3)24(43-25(17-36)40-16-15-35)11-12-34(23)18-33(20,34)14-13-32(21,26)6/h15,17,20-26,28-29,39H,7-14,16,18H2,1-6H3/t20?,21?,22?,23?,24-,25?,26?,28?,29-,32?,33-,34?/m0/s1. The van der Waals surface area contributed by atoms with E-state index in [0.29, 0.717) is 30.8 Å². The second kappa shape index (κ2) is 10.4. The molecule has 43 heavy (non-hydrogen) atoms. The molecule has 1 saturated heterocycles. The van der Waals surface area contributed by atoms with Gasteiger partial charge in [-0.05, 0) is 111 Å². The summed E-state index contributed by atoms with van der Waals surface area (Å²) in [7, 11) is 0. The minimum Gasteiger partial charge on any atom is -0.457 e. The molecule has 12 atom stereocenters. The van der Waals surface area contributed by atoms with Crippen molar-refractivity contribution in [2.75, 3.05) is 6.61 Å². The van der Waals surface area contributed by atoms with Crippen LogP contribution in [0.3, 0.4) is 0 Å². The van der Waals surface area contributed by atoms with E-state index in [9.17, 15) is 24.3 Å². The highest BCUT2D eigenvalue weighted by atomic mass is 16.7. The Labute approximate surface area is 255 Å². The third-order valence-corrected chi connectivity index (χ3v) is 13.4. The Morgan fingerprint density at radius 2 is 1.77 bits per heavy atom. The Kier molecular flexibility index (Phi) is 7.59. The van der Waals surface area contributed by atoms with Crippen molar-refractivity contribution in [3.63, 3.8) is 0 Å². The molecule has 240 valence electrons. The second-order valence-corrected chi connectivity index (χ2v) is 16.1. The molecule has 0 radical (unpaired) electrons. The molecule has 6 fully saturated rings. The summed E-state index contributed by atoms with van der Waals surface area (Å²) in [5.74, 6) is 0.598. The maximum atomic E-state index is 14.4. The molecule has 0 bridgehead atoms. The maximum Gasteiger partial charge on any atom is 0.303 e. The van der Waals surface area contributed by atoms with Crippen LogP contribution >= 0.6 is 0 Å². The van der Waals surface area contributed by atoms with Crippen molar-refractivity contribution in [2.45, 2.75) is 136 Å². The zero-order chi connectivity index (χ0) is 31.2. The van der Waals surface area contributed by atoms with Crippen molar-refractivity contribution in [2.24, 2.45) is 45.3 Å². The first-order valence-corrected chi connectivity index (χ1v) is 16.4. The van der Waals surface area contributed by atoms with E-state index in [0.717, 1.165) is 51.4 Å². The molecule has 0 aromatic heterocycles. The Morgan fingerprint density at radius 1 is 1.05 bits per heavy atom. The largest absolute Gasteiger partial charge is 0.457 e. The number of esters is 1. The van der Waals surface area contributed by atoms with Gasteiger partial charge in [0, 0.05) is 12.8 Å². The predicted octanol–water partition coefficient (Wildman–Crippen LogP) is 4.20. The van der Waals surface area contributed by atoms with Crippen LogP contribution in [0, 0.1) is 45.3 Å². The number of hydrogen-bond acceptors (Lipinski definition) is 9. The minimum atomic E-state index is -1.29. The molecule has 0 aromatic carbocycles. The molecule has 9 unspecified atom stereocenters. The van der Waals surface area contributed by atoms with Crippen LogP contribution in [0.1, 0.15) is 99.3 Å². The summed E-state index contributed by atoms with van der Waals surface area (Å²) in [5.41, 5.74) is -1.25. The molecule has 1 N–H and O–H groups in total. The van der Waals surface area contributed by atoms with Crippen LogP contribution in [0.5, 0.6) is 0 Å². The molecule has 1 aliphatic heterocycles. The molecule has 1 heterocycles. The molecule has 6 aliphatic rings. The summed E-state index contributed by atoms with van der Waals surface area (Å²) in [4.78, 5) is 48.7. The smallest absolute Gasteiger partial charge is 0.303 e. The number of carbonyl (C=O) groups is 4. The number of ketones is 1. The number of Topliss-reactive ketones (excluding diaryl/α,β-unsaturated/α-hetero) is 1. The second-order valence-electron chi connectivity index (χ2n) is 16.1. The van der Waals surface area contributed by atoms with E-state index < -0.39 is 36.2 Å². The summed E-state index contributed by atoms with van der Waals surface area (Å²) in [6.07, 6.45) is 6.83. The molecule has 5 aliphatic carbocycles. The number of hydrogen-bond donors (Lipinski definition) is 1. The molecule has 2 spiro atoms. The predicted molar refractivity (Wildman–Crippen MR) is 155 cm³/mol. The fraction of sp³-hybridized carbons (Fsp3) is 0.882. The van der Waals surface area contributed by atoms with Gasteiger partial charge in [-0.1, -0.05) is 20.8 Å². The Bertz CT molecular complexity index is 1160. The number of fused-ring (bicyclic) bond motifs is 4. The zero-order valence-electron chi connectivity index (χ0n) is 26.6. The van der Waals surface area contributed by atoms with Crippen molar-refractivity contribution < 1.29 is 43.2 Å². The number of carbonyl (C=O) groups excluding carboxylic acids is 4. The van der Waals surface area contributed by atoms with E-state index in [4.69, 9.17) is 18.9 Å². The average molecular weight is 603 g/mol. The van der Waals surface area contributed by atoms with E-state index in [-0.39, 0.29) is 52.0 Å². The molecular formula is C34H50O9. The highest BCUT2D eigenvalue weighted by molar-refractivity contribution is 5.90. The number of ether oxygens (including phenoxy) is 4. The van der Waals surface area contributed by atoms with Crippen molar-refractivity contribution in [1.29, 1.82) is 0 Å². The summed E-state index contributed by atoms with van der Waals surface area (Å²) >= 11 is 0. The summed E-state index contributed by atoms with van der Waals surface area (Å²) in [6.45, 7) is 11.3. The van der Waals surface area contributed by atoms with Crippen LogP contribution in [-0.4, -0.2) is 72.3 Å². The van der Waals surface area contributed by atoms with Crippen molar-refractivity contribution in [3.05, 3.63) is 0 Å². The normalized spacial score (nSPS) is 45.7. The third kappa shape index (κ3) is 4.53. The zero-order valence-corrected chi connectivity index (χ0v) is 26.6. The summed E-state index contributed by atoms with van der Waals surface area (Å²) < 4.78 is 23.6. The molecular weight excluding hydrogens is 552 g/mol. The first kappa shape index (κ1) is 31.3. The SMILES string of the molecule is CC(=O)O[C@@H](C1CCC2C(O1)C(=O)C1C3CCC4C(C)(C)[C@@H](OC(C=O)OCC=O)CCC45C[C@@]35CCC21C)C(C)(C)O. The highest BCUT2D eigenvalue weighted by Gasteiger charge is 2.82. The van der Waals surface area contributed by atoms with Crippen LogP contribution < -0.4 is 0 Å². The van der Waals surface area contributed by atoms with Gasteiger partial charge in [-0.15, -0.1) is 0 Å². The van der Waals surface area contributed by atoms with Gasteiger partial charge >= 0.3 is 5.97 Å². The molecule has 9 nitrogen and oxygen atoms in total. The number of aldehydes is 2. The van der Waals surface area contributed by atoms with Gasteiger partial charge in [0.2, 0.25) is 6.29 Å². The lowest BCUT2D eigenvalue weighted by Crippen LogP contribution is -2.56. The maximum absolute atomic E-state index is 14.4. The molecule has 0 aromatic rings. The lowest BCUT2D eigenvalue weighted by Gasteiger charge is -2.59. The topological polar surface area (TPSA) is 125 Å². The van der Waals surface area contributed by atoms with Gasteiger partial charge in [-0.2, -0.15) is 0 Å². The lowest BCUT2D eigenvalue weighted by molar-refractivity contribution is -0.216. The van der Waals surface area contributed by atoms with E-state index in [1.54, 1.807) is 13.8 Å². The Hall–Kier alpha value is -1.68. The first-order chi connectivity index (χ1) is 20.2. The molecule has 0 amide bonds. The molecule has 6 rings (SSSR count). The van der Waals surface area contributed by atoms with Gasteiger partial charge in [0.05, 0.1) is 17.8 Å². The minimum absolute atomic E-state index is 0.0436. The fourth-order valence-corrected chi connectivity index (χ4v) is 11.7. The van der Waals surface area contributed by atoms with Crippen LogP contribution in [0.2, 0.25) is 0 Å². The van der Waals surface area contributed by atoms with Gasteiger partial charge in [0.15, 0.2) is 18.2 Å².